The molecular weight excluding hydrogens is 365 g/mol. The van der Waals surface area contributed by atoms with Gasteiger partial charge >= 0.3 is 0 Å². The number of aromatic nitrogens is 2. The summed E-state index contributed by atoms with van der Waals surface area (Å²) < 4.78 is 15.2. The summed E-state index contributed by atoms with van der Waals surface area (Å²) in [6.07, 6.45) is 4.31. The molecule has 1 atom stereocenters. The highest BCUT2D eigenvalue weighted by atomic mass is 32.1. The van der Waals surface area contributed by atoms with E-state index < -0.39 is 11.7 Å². The molecule has 2 heterocycles. The van der Waals surface area contributed by atoms with Gasteiger partial charge in [-0.1, -0.05) is 13.0 Å². The lowest BCUT2D eigenvalue weighted by Gasteiger charge is -2.17. The number of aryl methyl sites for hydroxylation is 2. The lowest BCUT2D eigenvalue weighted by atomic mass is 9.89. The van der Waals surface area contributed by atoms with E-state index in [-0.39, 0.29) is 17.8 Å². The molecule has 1 aliphatic rings. The second-order valence-electron chi connectivity index (χ2n) is 7.24. The highest BCUT2D eigenvalue weighted by Crippen LogP contribution is 2.35. The highest BCUT2D eigenvalue weighted by molar-refractivity contribution is 7.18. The Morgan fingerprint density at radius 3 is 3.04 bits per heavy atom. The van der Waals surface area contributed by atoms with Crippen LogP contribution in [0.25, 0.3) is 10.2 Å². The number of nitrogens with one attached hydrogen (secondary N) is 1. The average molecular weight is 385 g/mol. The largest absolute Gasteiger partial charge is 0.322 e. The summed E-state index contributed by atoms with van der Waals surface area (Å²) in [4.78, 5) is 31.6. The fraction of sp³-hybridized carbons (Fsp3) is 0.350. The summed E-state index contributed by atoms with van der Waals surface area (Å²) >= 11 is 1.58. The summed E-state index contributed by atoms with van der Waals surface area (Å²) in [5.74, 6) is -0.341. The zero-order chi connectivity index (χ0) is 19.1. The summed E-state index contributed by atoms with van der Waals surface area (Å²) in [7, 11) is 0. The van der Waals surface area contributed by atoms with Crippen LogP contribution in [0.2, 0.25) is 0 Å². The van der Waals surface area contributed by atoms with Gasteiger partial charge < -0.3 is 5.32 Å². The molecule has 0 fully saturated rings. The van der Waals surface area contributed by atoms with E-state index in [2.05, 4.69) is 17.2 Å². The number of carbonyl (C=O) groups is 1. The maximum Gasteiger partial charge on any atom is 0.262 e. The Morgan fingerprint density at radius 1 is 1.44 bits per heavy atom. The fourth-order valence-corrected chi connectivity index (χ4v) is 4.89. The molecule has 1 aliphatic carbocycles. The van der Waals surface area contributed by atoms with Crippen LogP contribution < -0.4 is 10.9 Å². The van der Waals surface area contributed by atoms with Crippen molar-refractivity contribution < 1.29 is 9.18 Å². The van der Waals surface area contributed by atoms with Crippen molar-refractivity contribution in [1.82, 2.24) is 9.55 Å². The van der Waals surface area contributed by atoms with Crippen molar-refractivity contribution in [3.63, 3.8) is 0 Å². The Bertz CT molecular complexity index is 1100. The standard InChI is InChI=1S/C20H20FN3O2S/c1-11-4-6-15(14(21)7-11)23-17(25)9-24-10-22-19-18(20(24)26)13-5-3-12(2)8-16(13)27-19/h4,6-7,10,12H,3,5,8-9H2,1-2H3,(H,23,25)/t12-/m1/s1. The molecule has 5 nitrogen and oxygen atoms in total. The number of fused-ring (bicyclic) bond motifs is 3. The predicted molar refractivity (Wildman–Crippen MR) is 105 cm³/mol. The molecule has 2 aromatic heterocycles. The highest BCUT2D eigenvalue weighted by Gasteiger charge is 2.23. The molecular formula is C20H20FN3O2S. The lowest BCUT2D eigenvalue weighted by Crippen LogP contribution is -2.28. The summed E-state index contributed by atoms with van der Waals surface area (Å²) in [5, 5.41) is 3.16. The molecule has 0 bridgehead atoms. The molecule has 0 saturated carbocycles. The SMILES string of the molecule is Cc1ccc(NC(=O)Cn2cnc3sc4c(c3c2=O)CC[C@@H](C)C4)c(F)c1. The lowest BCUT2D eigenvalue weighted by molar-refractivity contribution is -0.116. The van der Waals surface area contributed by atoms with E-state index in [0.29, 0.717) is 11.3 Å². The molecule has 3 aromatic rings. The van der Waals surface area contributed by atoms with Crippen molar-refractivity contribution in [1.29, 1.82) is 0 Å². The van der Waals surface area contributed by atoms with Crippen LogP contribution in [0.5, 0.6) is 0 Å². The Hall–Kier alpha value is -2.54. The number of anilines is 1. The zero-order valence-electron chi connectivity index (χ0n) is 15.2. The van der Waals surface area contributed by atoms with Crippen molar-refractivity contribution in [3.8, 4) is 0 Å². The number of hydrogen-bond acceptors (Lipinski definition) is 4. The third-order valence-corrected chi connectivity index (χ3v) is 6.16. The maximum atomic E-state index is 13.9. The normalized spacial score (nSPS) is 16.3. The van der Waals surface area contributed by atoms with E-state index in [4.69, 9.17) is 0 Å². The third kappa shape index (κ3) is 3.39. The van der Waals surface area contributed by atoms with Crippen LogP contribution in [-0.4, -0.2) is 15.5 Å². The summed E-state index contributed by atoms with van der Waals surface area (Å²) in [6, 6.07) is 4.59. The van der Waals surface area contributed by atoms with Crippen molar-refractivity contribution in [2.45, 2.75) is 39.7 Å². The number of thiophene rings is 1. The number of benzene rings is 1. The van der Waals surface area contributed by atoms with Gasteiger partial charge in [0, 0.05) is 4.88 Å². The predicted octanol–water partition coefficient (Wildman–Crippen LogP) is 3.67. The van der Waals surface area contributed by atoms with Gasteiger partial charge in [-0.25, -0.2) is 9.37 Å². The van der Waals surface area contributed by atoms with Gasteiger partial charge in [0.1, 0.15) is 17.2 Å². The molecule has 0 saturated heterocycles. The van der Waals surface area contributed by atoms with Crippen molar-refractivity contribution in [3.05, 3.63) is 56.7 Å². The molecule has 0 radical (unpaired) electrons. The molecule has 1 amide bonds. The van der Waals surface area contributed by atoms with Crippen LogP contribution in [0.1, 0.15) is 29.3 Å². The number of nitrogens with zero attached hydrogens (tertiary/aromatic N) is 2. The van der Waals surface area contributed by atoms with Gasteiger partial charge in [0.25, 0.3) is 5.56 Å². The second-order valence-corrected chi connectivity index (χ2v) is 8.32. The van der Waals surface area contributed by atoms with Crippen LogP contribution in [0, 0.1) is 18.7 Å². The van der Waals surface area contributed by atoms with Crippen molar-refractivity contribution >= 4 is 33.1 Å². The fourth-order valence-electron chi connectivity index (χ4n) is 3.54. The van der Waals surface area contributed by atoms with Crippen LogP contribution in [-0.2, 0) is 24.2 Å². The van der Waals surface area contributed by atoms with E-state index >= 15 is 0 Å². The molecule has 0 unspecified atom stereocenters. The molecule has 7 heteroatoms. The van der Waals surface area contributed by atoms with Gasteiger partial charge in [-0.3, -0.25) is 14.2 Å². The number of halogens is 1. The minimum absolute atomic E-state index is 0.106. The van der Waals surface area contributed by atoms with Crippen LogP contribution in [0.4, 0.5) is 10.1 Å². The van der Waals surface area contributed by atoms with Gasteiger partial charge in [-0.2, -0.15) is 0 Å². The molecule has 1 N–H and O–H groups in total. The van der Waals surface area contributed by atoms with Crippen molar-refractivity contribution in [2.75, 3.05) is 5.32 Å². The Kier molecular flexibility index (Phi) is 4.55. The first-order chi connectivity index (χ1) is 12.9. The maximum absolute atomic E-state index is 13.9. The molecule has 0 spiro atoms. The topological polar surface area (TPSA) is 64.0 Å². The Balaban J connectivity index is 1.61. The first kappa shape index (κ1) is 17.9. The monoisotopic (exact) mass is 385 g/mol. The van der Waals surface area contributed by atoms with Crippen LogP contribution >= 0.6 is 11.3 Å². The van der Waals surface area contributed by atoms with E-state index in [1.165, 1.54) is 27.9 Å². The van der Waals surface area contributed by atoms with E-state index in [9.17, 15) is 14.0 Å². The number of carbonyl (C=O) groups excluding carboxylic acids is 1. The molecule has 0 aliphatic heterocycles. The quantitative estimate of drug-likeness (QED) is 0.748. The van der Waals surface area contributed by atoms with E-state index in [1.54, 1.807) is 24.3 Å². The first-order valence-electron chi connectivity index (χ1n) is 8.98. The first-order valence-corrected chi connectivity index (χ1v) is 9.79. The Labute approximate surface area is 159 Å². The molecule has 1 aromatic carbocycles. The van der Waals surface area contributed by atoms with Gasteiger partial charge in [-0.15, -0.1) is 11.3 Å². The smallest absolute Gasteiger partial charge is 0.262 e. The number of rotatable bonds is 3. The van der Waals surface area contributed by atoms with E-state index in [1.807, 2.05) is 0 Å². The zero-order valence-corrected chi connectivity index (χ0v) is 16.0. The third-order valence-electron chi connectivity index (χ3n) is 4.99. The summed E-state index contributed by atoms with van der Waals surface area (Å²) in [5.41, 5.74) is 1.76. The van der Waals surface area contributed by atoms with Gasteiger partial charge in [0.2, 0.25) is 5.91 Å². The second kappa shape index (κ2) is 6.88. The molecule has 140 valence electrons. The summed E-state index contributed by atoms with van der Waals surface area (Å²) in [6.45, 7) is 3.79. The van der Waals surface area contributed by atoms with Gasteiger partial charge in [0.15, 0.2) is 0 Å². The minimum atomic E-state index is -0.495. The average Bonchev–Trinajstić information content (AvgIpc) is 2.98. The van der Waals surface area contributed by atoms with Crippen LogP contribution in [0.3, 0.4) is 0 Å². The van der Waals surface area contributed by atoms with E-state index in [0.717, 1.165) is 35.2 Å². The van der Waals surface area contributed by atoms with Gasteiger partial charge in [0.05, 0.1) is 17.4 Å². The molecule has 27 heavy (non-hydrogen) atoms. The number of hydrogen-bond donors (Lipinski definition) is 1. The van der Waals surface area contributed by atoms with Crippen LogP contribution in [0.15, 0.2) is 29.3 Å². The molecule has 4 rings (SSSR count). The minimum Gasteiger partial charge on any atom is -0.322 e. The van der Waals surface area contributed by atoms with Gasteiger partial charge in [-0.05, 0) is 55.4 Å². The number of amides is 1. The Morgan fingerprint density at radius 2 is 2.26 bits per heavy atom. The van der Waals surface area contributed by atoms with Crippen molar-refractivity contribution in [2.24, 2.45) is 5.92 Å².